The minimum Gasteiger partial charge on any atom is -0.124 e. The molecule has 2 aromatic heterocycles. The summed E-state index contributed by atoms with van der Waals surface area (Å²) in [5.74, 6) is 0. The first kappa shape index (κ1) is 10.5. The van der Waals surface area contributed by atoms with E-state index in [1.54, 1.807) is 0 Å². The molecule has 2 heterocycles. The van der Waals surface area contributed by atoms with E-state index >= 15 is 0 Å². The van der Waals surface area contributed by atoms with Crippen molar-refractivity contribution in [2.75, 3.05) is 0 Å². The summed E-state index contributed by atoms with van der Waals surface area (Å²) in [7, 11) is 0. The predicted molar refractivity (Wildman–Crippen MR) is 84.2 cm³/mol. The third kappa shape index (κ3) is 1.30. The van der Waals surface area contributed by atoms with Gasteiger partial charge in [0.25, 0.3) is 0 Å². The van der Waals surface area contributed by atoms with Crippen LogP contribution in [0.5, 0.6) is 0 Å². The third-order valence-corrected chi connectivity index (χ3v) is 6.05. The highest BCUT2D eigenvalue weighted by atomic mass is 32.2. The summed E-state index contributed by atoms with van der Waals surface area (Å²) < 4.78 is 4.31. The van der Waals surface area contributed by atoms with E-state index in [2.05, 4.69) is 50.2 Å². The molecule has 0 aliphatic carbocycles. The zero-order valence-electron chi connectivity index (χ0n) is 10.3. The number of hydrogen-bond acceptors (Lipinski definition) is 2. The third-order valence-electron chi connectivity index (χ3n) is 3.45. The first-order chi connectivity index (χ1) is 8.74. The molecular formula is C16H12S2. The van der Waals surface area contributed by atoms with E-state index in [9.17, 15) is 0 Å². The first-order valence-electron chi connectivity index (χ1n) is 6.05. The van der Waals surface area contributed by atoms with Gasteiger partial charge in [-0.05, 0) is 31.5 Å². The van der Waals surface area contributed by atoms with Gasteiger partial charge in [0.15, 0.2) is 0 Å². The van der Waals surface area contributed by atoms with E-state index in [1.165, 1.54) is 40.7 Å². The van der Waals surface area contributed by atoms with Crippen LogP contribution >= 0.6 is 22.7 Å². The van der Waals surface area contributed by atoms with Crippen LogP contribution in [-0.4, -0.2) is 0 Å². The highest BCUT2D eigenvalue weighted by Gasteiger charge is 2.13. The van der Waals surface area contributed by atoms with Gasteiger partial charge >= 0.3 is 0 Å². The van der Waals surface area contributed by atoms with Crippen molar-refractivity contribution >= 4 is 52.2 Å². The van der Waals surface area contributed by atoms with Crippen LogP contribution in [0.1, 0.15) is 11.1 Å². The van der Waals surface area contributed by atoms with E-state index in [-0.39, 0.29) is 0 Å². The maximum Gasteiger partial charge on any atom is 0.0890 e. The van der Waals surface area contributed by atoms with Crippen LogP contribution in [0, 0.1) is 13.8 Å². The fraction of sp³-hybridized carbons (Fsp3) is 0.125. The molecule has 0 amide bonds. The van der Waals surface area contributed by atoms with Crippen molar-refractivity contribution in [1.82, 2.24) is 0 Å². The second-order valence-electron chi connectivity index (χ2n) is 4.82. The highest BCUT2D eigenvalue weighted by Crippen LogP contribution is 2.45. The van der Waals surface area contributed by atoms with Crippen molar-refractivity contribution in [3.05, 3.63) is 47.5 Å². The van der Waals surface area contributed by atoms with Crippen molar-refractivity contribution < 1.29 is 0 Å². The minimum atomic E-state index is 1.36. The van der Waals surface area contributed by atoms with Crippen molar-refractivity contribution in [3.63, 3.8) is 0 Å². The fourth-order valence-electron chi connectivity index (χ4n) is 2.72. The second kappa shape index (κ2) is 3.56. The lowest BCUT2D eigenvalue weighted by molar-refractivity contribution is 1.44. The molecule has 0 unspecified atom stereocenters. The van der Waals surface area contributed by atoms with Gasteiger partial charge in [-0.15, -0.1) is 22.7 Å². The second-order valence-corrected chi connectivity index (χ2v) is 7.15. The van der Waals surface area contributed by atoms with E-state index in [0.717, 1.165) is 0 Å². The molecule has 0 aliphatic heterocycles. The molecular weight excluding hydrogens is 256 g/mol. The van der Waals surface area contributed by atoms with Crippen molar-refractivity contribution in [3.8, 4) is 0 Å². The fourth-order valence-corrected chi connectivity index (χ4v) is 5.35. The summed E-state index contributed by atoms with van der Waals surface area (Å²) in [4.78, 5) is 0. The van der Waals surface area contributed by atoms with Crippen molar-refractivity contribution in [2.24, 2.45) is 0 Å². The molecule has 0 atom stereocenters. The zero-order chi connectivity index (χ0) is 12.3. The lowest BCUT2D eigenvalue weighted by Gasteiger charge is -1.99. The maximum absolute atomic E-state index is 2.33. The number of rotatable bonds is 0. The minimum absolute atomic E-state index is 1.36. The molecule has 0 aliphatic rings. The number of benzene rings is 2. The van der Waals surface area contributed by atoms with Gasteiger partial charge in [-0.1, -0.05) is 29.8 Å². The molecule has 0 saturated heterocycles. The van der Waals surface area contributed by atoms with Gasteiger partial charge in [-0.2, -0.15) is 0 Å². The van der Waals surface area contributed by atoms with Gasteiger partial charge in [-0.25, -0.2) is 0 Å². The Morgan fingerprint density at radius 1 is 0.889 bits per heavy atom. The molecule has 0 radical (unpaired) electrons. The maximum atomic E-state index is 2.33. The Morgan fingerprint density at radius 3 is 2.61 bits per heavy atom. The number of hydrogen-bond donors (Lipinski definition) is 0. The molecule has 4 aromatic rings. The quantitative estimate of drug-likeness (QED) is 0.373. The molecule has 0 N–H and O–H groups in total. The highest BCUT2D eigenvalue weighted by molar-refractivity contribution is 7.44. The van der Waals surface area contributed by atoms with E-state index in [0.29, 0.717) is 0 Å². The van der Waals surface area contributed by atoms with E-state index in [1.807, 2.05) is 22.7 Å². The van der Waals surface area contributed by atoms with Crippen LogP contribution in [0.25, 0.3) is 29.6 Å². The number of fused-ring (bicyclic) bond motifs is 5. The summed E-state index contributed by atoms with van der Waals surface area (Å²) >= 11 is 3.86. The summed E-state index contributed by atoms with van der Waals surface area (Å²) in [5.41, 5.74) is 2.76. The SMILES string of the molecule is Cc1cc(C)c2sc3sc4ccccc4c3c2c1. The van der Waals surface area contributed by atoms with Crippen LogP contribution in [0.4, 0.5) is 0 Å². The average Bonchev–Trinajstić information content (AvgIpc) is 2.85. The van der Waals surface area contributed by atoms with Gasteiger partial charge in [0.05, 0.1) is 4.01 Å². The lowest BCUT2D eigenvalue weighted by Crippen LogP contribution is -1.76. The Morgan fingerprint density at radius 2 is 1.72 bits per heavy atom. The average molecular weight is 268 g/mol. The largest absolute Gasteiger partial charge is 0.124 e. The topological polar surface area (TPSA) is 0 Å². The summed E-state index contributed by atoms with van der Waals surface area (Å²) in [6, 6.07) is 13.4. The molecule has 4 rings (SSSR count). The van der Waals surface area contributed by atoms with E-state index in [4.69, 9.17) is 0 Å². The molecule has 2 aromatic carbocycles. The Kier molecular flexibility index (Phi) is 2.08. The number of aryl methyl sites for hydroxylation is 2. The van der Waals surface area contributed by atoms with Crippen LogP contribution < -0.4 is 0 Å². The molecule has 2 heteroatoms. The van der Waals surface area contributed by atoms with Crippen LogP contribution in [0.15, 0.2) is 36.4 Å². The number of thiophene rings is 2. The molecule has 0 nitrogen and oxygen atoms in total. The molecule has 0 fully saturated rings. The molecule has 88 valence electrons. The molecule has 0 spiro atoms. The van der Waals surface area contributed by atoms with Crippen LogP contribution in [0.2, 0.25) is 0 Å². The van der Waals surface area contributed by atoms with Gasteiger partial charge < -0.3 is 0 Å². The Balaban J connectivity index is 2.33. The van der Waals surface area contributed by atoms with E-state index < -0.39 is 0 Å². The standard InChI is InChI=1S/C16H12S2/c1-9-7-10(2)15-12(8-9)14-11-5-3-4-6-13(11)17-16(14)18-15/h3-8H,1-2H3. The Hall–Kier alpha value is -1.38. The Labute approximate surface area is 113 Å². The molecule has 0 bridgehead atoms. The smallest absolute Gasteiger partial charge is 0.0890 e. The first-order valence-corrected chi connectivity index (χ1v) is 7.68. The Bertz CT molecular complexity index is 894. The summed E-state index contributed by atoms with van der Waals surface area (Å²) in [6.07, 6.45) is 0. The van der Waals surface area contributed by atoms with Gasteiger partial charge in [0.1, 0.15) is 0 Å². The van der Waals surface area contributed by atoms with Crippen molar-refractivity contribution in [1.29, 1.82) is 0 Å². The van der Waals surface area contributed by atoms with Crippen LogP contribution in [0.3, 0.4) is 0 Å². The molecule has 0 saturated carbocycles. The van der Waals surface area contributed by atoms with Crippen molar-refractivity contribution in [2.45, 2.75) is 13.8 Å². The zero-order valence-corrected chi connectivity index (χ0v) is 11.9. The monoisotopic (exact) mass is 268 g/mol. The summed E-state index contributed by atoms with van der Waals surface area (Å²) in [5, 5.41) is 4.31. The van der Waals surface area contributed by atoms with Gasteiger partial charge in [-0.3, -0.25) is 0 Å². The summed E-state index contributed by atoms with van der Waals surface area (Å²) in [6.45, 7) is 4.40. The van der Waals surface area contributed by atoms with Crippen LogP contribution in [-0.2, 0) is 0 Å². The van der Waals surface area contributed by atoms with Gasteiger partial charge in [0, 0.05) is 25.6 Å². The normalized spacial score (nSPS) is 11.9. The lowest BCUT2D eigenvalue weighted by atomic mass is 10.1. The predicted octanol–water partition coefficient (Wildman–Crippen LogP) is 5.89. The van der Waals surface area contributed by atoms with Gasteiger partial charge in [0.2, 0.25) is 0 Å². The molecule has 18 heavy (non-hydrogen) atoms.